The summed E-state index contributed by atoms with van der Waals surface area (Å²) < 4.78 is 0. The Labute approximate surface area is 315 Å². The molecular formula is C33H44Cl2N10O8. The molecule has 9 N–H and O–H groups in total. The summed E-state index contributed by atoms with van der Waals surface area (Å²) in [5.41, 5.74) is 0.918. The zero-order valence-electron chi connectivity index (χ0n) is 29.2. The quantitative estimate of drug-likeness (QED) is 0.159. The van der Waals surface area contributed by atoms with Gasteiger partial charge in [-0.05, 0) is 43.9 Å². The number of hydrogen-bond donors (Lipinski definition) is 9. The van der Waals surface area contributed by atoms with Crippen LogP contribution in [-0.2, 0) is 51.2 Å². The number of aromatic nitrogens is 2. The number of benzene rings is 1. The molecule has 1 fully saturated rings. The average molecular weight is 780 g/mol. The normalized spacial score (nSPS) is 21.8. The number of halogens is 2. The third-order valence-electron chi connectivity index (χ3n) is 7.88. The monoisotopic (exact) mass is 778 g/mol. The summed E-state index contributed by atoms with van der Waals surface area (Å²) in [6.45, 7) is 2.23. The molecule has 0 unspecified atom stereocenters. The van der Waals surface area contributed by atoms with E-state index >= 15 is 0 Å². The van der Waals surface area contributed by atoms with Crippen LogP contribution in [-0.4, -0.2) is 108 Å². The Hall–Kier alpha value is -5.23. The molecule has 18 nitrogen and oxygen atoms in total. The van der Waals surface area contributed by atoms with Crippen molar-refractivity contribution in [2.45, 2.75) is 76.5 Å². The Morgan fingerprint density at radius 2 is 1.51 bits per heavy atom. The minimum absolute atomic E-state index is 0.123. The predicted molar refractivity (Wildman–Crippen MR) is 192 cm³/mol. The lowest BCUT2D eigenvalue weighted by Gasteiger charge is -2.25. The van der Waals surface area contributed by atoms with Crippen molar-refractivity contribution in [3.63, 3.8) is 0 Å². The van der Waals surface area contributed by atoms with Crippen molar-refractivity contribution >= 4 is 70.5 Å². The Morgan fingerprint density at radius 3 is 2.19 bits per heavy atom. The Bertz CT molecular complexity index is 1640. The van der Waals surface area contributed by atoms with E-state index in [4.69, 9.17) is 23.2 Å². The van der Waals surface area contributed by atoms with Crippen LogP contribution in [0.3, 0.4) is 0 Å². The first-order chi connectivity index (χ1) is 25.2. The number of nitrogens with one attached hydrogen (secondary N) is 9. The average Bonchev–Trinajstić information content (AvgIpc) is 3.62. The molecule has 1 aliphatic rings. The summed E-state index contributed by atoms with van der Waals surface area (Å²) in [6, 6.07) is -0.484. The van der Waals surface area contributed by atoms with Gasteiger partial charge in [-0.2, -0.15) is 0 Å². The van der Waals surface area contributed by atoms with E-state index in [2.05, 4.69) is 52.5 Å². The van der Waals surface area contributed by atoms with E-state index < -0.39 is 90.9 Å². The van der Waals surface area contributed by atoms with E-state index in [0.29, 0.717) is 37.1 Å². The fourth-order valence-electron chi connectivity index (χ4n) is 5.07. The summed E-state index contributed by atoms with van der Waals surface area (Å²) in [5, 5.41) is 20.8. The number of aromatic amines is 1. The van der Waals surface area contributed by atoms with E-state index in [1.165, 1.54) is 38.5 Å². The minimum Gasteiger partial charge on any atom is -0.356 e. The molecule has 3 rings (SSSR count). The Balaban J connectivity index is 1.93. The molecule has 0 bridgehead atoms. The van der Waals surface area contributed by atoms with Crippen LogP contribution >= 0.6 is 23.2 Å². The number of nitrogens with zero attached hydrogens (tertiary/aromatic N) is 1. The molecule has 4 atom stereocenters. The van der Waals surface area contributed by atoms with Gasteiger partial charge in [0.25, 0.3) is 0 Å². The SMILES string of the molecule is CC(=O)NCC(=O)N[C@H]1CC(=O)NCCCCCNC(=O)[C@H](C)NC(=O)CNC(=O)[C@@H](Cc2ccc(Cl)c(Cl)c2)NC(=O)[C@H](Cc2cnc[nH]2)NC1=O. The van der Waals surface area contributed by atoms with E-state index in [1.807, 2.05) is 0 Å². The number of carbonyl (C=O) groups excluding carboxylic acids is 8. The molecule has 1 aliphatic heterocycles. The summed E-state index contributed by atoms with van der Waals surface area (Å²) >= 11 is 12.3. The lowest BCUT2D eigenvalue weighted by atomic mass is 10.0. The number of amides is 8. The van der Waals surface area contributed by atoms with E-state index in [0.717, 1.165) is 0 Å². The van der Waals surface area contributed by atoms with Gasteiger partial charge in [-0.1, -0.05) is 29.3 Å². The number of carbonyl (C=O) groups is 8. The summed E-state index contributed by atoms with van der Waals surface area (Å²) in [5.74, 6) is -5.45. The molecule has 0 aliphatic carbocycles. The number of imidazole rings is 1. The number of hydrogen-bond acceptors (Lipinski definition) is 9. The van der Waals surface area contributed by atoms with Crippen LogP contribution in [0.15, 0.2) is 30.7 Å². The molecule has 20 heteroatoms. The van der Waals surface area contributed by atoms with Gasteiger partial charge in [-0.3, -0.25) is 38.4 Å². The minimum atomic E-state index is -1.47. The molecule has 288 valence electrons. The second kappa shape index (κ2) is 21.3. The molecule has 8 amide bonds. The highest BCUT2D eigenvalue weighted by atomic mass is 35.5. The van der Waals surface area contributed by atoms with Crippen molar-refractivity contribution in [2.24, 2.45) is 0 Å². The van der Waals surface area contributed by atoms with Crippen molar-refractivity contribution in [2.75, 3.05) is 26.2 Å². The van der Waals surface area contributed by atoms with Crippen molar-refractivity contribution in [1.29, 1.82) is 0 Å². The fraction of sp³-hybridized carbons (Fsp3) is 0.485. The Morgan fingerprint density at radius 1 is 0.811 bits per heavy atom. The van der Waals surface area contributed by atoms with Crippen LogP contribution in [0.2, 0.25) is 10.0 Å². The number of rotatable bonds is 7. The highest BCUT2D eigenvalue weighted by Gasteiger charge is 2.32. The van der Waals surface area contributed by atoms with Crippen LogP contribution in [0.5, 0.6) is 0 Å². The van der Waals surface area contributed by atoms with Crippen LogP contribution in [0.4, 0.5) is 0 Å². The maximum Gasteiger partial charge on any atom is 0.243 e. The third-order valence-corrected chi connectivity index (χ3v) is 8.62. The van der Waals surface area contributed by atoms with Gasteiger partial charge in [-0.15, -0.1) is 0 Å². The van der Waals surface area contributed by atoms with Gasteiger partial charge in [0.1, 0.15) is 24.2 Å². The van der Waals surface area contributed by atoms with Gasteiger partial charge < -0.3 is 47.5 Å². The smallest absolute Gasteiger partial charge is 0.243 e. The van der Waals surface area contributed by atoms with Gasteiger partial charge in [0.2, 0.25) is 47.3 Å². The van der Waals surface area contributed by atoms with E-state index in [-0.39, 0.29) is 29.4 Å². The fourth-order valence-corrected chi connectivity index (χ4v) is 5.39. The molecule has 1 aromatic heterocycles. The predicted octanol–water partition coefficient (Wildman–Crippen LogP) is -1.48. The topological polar surface area (TPSA) is 261 Å². The summed E-state index contributed by atoms with van der Waals surface area (Å²) in [4.78, 5) is 110. The summed E-state index contributed by atoms with van der Waals surface area (Å²) in [6.07, 6.45) is 3.73. The molecule has 1 aromatic carbocycles. The van der Waals surface area contributed by atoms with Crippen LogP contribution in [0.1, 0.15) is 50.8 Å². The largest absolute Gasteiger partial charge is 0.356 e. The van der Waals surface area contributed by atoms with Crippen molar-refractivity contribution < 1.29 is 38.4 Å². The molecule has 53 heavy (non-hydrogen) atoms. The van der Waals surface area contributed by atoms with Crippen LogP contribution in [0, 0.1) is 0 Å². The molecule has 2 aromatic rings. The van der Waals surface area contributed by atoms with Gasteiger partial charge >= 0.3 is 0 Å². The second-order valence-corrected chi connectivity index (χ2v) is 13.1. The van der Waals surface area contributed by atoms with Crippen molar-refractivity contribution in [3.8, 4) is 0 Å². The number of H-pyrrole nitrogens is 1. The van der Waals surface area contributed by atoms with Crippen LogP contribution < -0.4 is 42.5 Å². The zero-order chi connectivity index (χ0) is 38.9. The summed E-state index contributed by atoms with van der Waals surface area (Å²) in [7, 11) is 0. The van der Waals surface area contributed by atoms with Crippen molar-refractivity contribution in [3.05, 3.63) is 52.0 Å². The standard InChI is InChI=1S/C33H44Cl2N10O8/c1-18-30(50)38-9-5-3-4-8-37-27(47)13-26(43-29(49)15-39-19(2)46)33(53)45-25(12-21-14-36-17-41-21)32(52)44-24(31(51)40-16-28(48)42-18)11-20-6-7-22(34)23(35)10-20/h6-7,10,14,17-18,24-26H,3-5,8-9,11-13,15-16H2,1-2H3,(H,36,41)(H,37,47)(H,38,50)(H,39,46)(H,40,51)(H,42,48)(H,43,49)(H,44,52)(H,45,53)/t18-,24+,25-,26-/m0/s1. The Kier molecular flexibility index (Phi) is 17.0. The van der Waals surface area contributed by atoms with E-state index in [9.17, 15) is 38.4 Å². The molecular weight excluding hydrogens is 735 g/mol. The molecule has 2 heterocycles. The highest BCUT2D eigenvalue weighted by Crippen LogP contribution is 2.23. The molecule has 0 spiro atoms. The van der Waals surface area contributed by atoms with Gasteiger partial charge in [0.15, 0.2) is 0 Å². The second-order valence-electron chi connectivity index (χ2n) is 12.3. The van der Waals surface area contributed by atoms with Gasteiger partial charge in [0.05, 0.1) is 35.9 Å². The molecule has 0 radical (unpaired) electrons. The molecule has 1 saturated heterocycles. The van der Waals surface area contributed by atoms with E-state index in [1.54, 1.807) is 6.07 Å². The molecule has 0 saturated carbocycles. The first kappa shape index (κ1) is 42.2. The van der Waals surface area contributed by atoms with Gasteiger partial charge in [-0.25, -0.2) is 4.98 Å². The van der Waals surface area contributed by atoms with Gasteiger partial charge in [0, 0.05) is 44.7 Å². The zero-order valence-corrected chi connectivity index (χ0v) is 30.7. The lowest BCUT2D eigenvalue weighted by Crippen LogP contribution is -2.59. The third kappa shape index (κ3) is 15.1. The van der Waals surface area contributed by atoms with Crippen LogP contribution in [0.25, 0.3) is 0 Å². The lowest BCUT2D eigenvalue weighted by molar-refractivity contribution is -0.135. The highest BCUT2D eigenvalue weighted by molar-refractivity contribution is 6.42. The maximum absolute atomic E-state index is 13.9. The maximum atomic E-state index is 13.9. The first-order valence-electron chi connectivity index (χ1n) is 16.9. The van der Waals surface area contributed by atoms with Crippen molar-refractivity contribution in [1.82, 2.24) is 52.5 Å². The first-order valence-corrected chi connectivity index (χ1v) is 17.6.